The monoisotopic (exact) mass is 563 g/mol. The number of aromatic nitrogens is 3. The first-order valence-corrected chi connectivity index (χ1v) is 13.7. The summed E-state index contributed by atoms with van der Waals surface area (Å²) < 4.78 is 18.7. The van der Waals surface area contributed by atoms with Crippen molar-refractivity contribution in [3.63, 3.8) is 0 Å². The van der Waals surface area contributed by atoms with Crippen LogP contribution in [0.15, 0.2) is 106 Å². The van der Waals surface area contributed by atoms with Crippen molar-refractivity contribution in [2.24, 2.45) is 13.0 Å². The van der Waals surface area contributed by atoms with Crippen molar-refractivity contribution in [2.75, 3.05) is 0 Å². The molecule has 7 rings (SSSR count). The number of halogens is 1. The normalized spacial score (nSPS) is 24.8. The molecule has 42 heavy (non-hydrogen) atoms. The number of benzene rings is 3. The molecular formula is C33H26FN3O5. The van der Waals surface area contributed by atoms with Gasteiger partial charge in [-0.1, -0.05) is 78.9 Å². The Balaban J connectivity index is 1.58. The molecule has 9 heteroatoms. The molecule has 3 aromatic carbocycles. The fraction of sp³-hybridized carbons (Fsp3) is 0.212. The number of rotatable bonds is 3. The van der Waals surface area contributed by atoms with Crippen molar-refractivity contribution in [2.45, 2.75) is 30.3 Å². The van der Waals surface area contributed by atoms with Crippen LogP contribution in [0.5, 0.6) is 5.75 Å². The summed E-state index contributed by atoms with van der Waals surface area (Å²) in [5.41, 5.74) is -0.520. The van der Waals surface area contributed by atoms with Crippen LogP contribution in [0.2, 0.25) is 0 Å². The SMILES string of the molecule is Cn1c(=O)n2n(c1=O)[C@@H]1C[C@H]3C(=O)C(c4ccccc4)=CC(=O)[C@@]3(c3ccccc3)[C@@H](c3cccc(F)c3O)C1=CC2. The van der Waals surface area contributed by atoms with Crippen molar-refractivity contribution < 1.29 is 19.1 Å². The summed E-state index contributed by atoms with van der Waals surface area (Å²) in [6.07, 6.45) is 3.19. The first kappa shape index (κ1) is 25.9. The number of hydrogen-bond acceptors (Lipinski definition) is 5. The van der Waals surface area contributed by atoms with Crippen molar-refractivity contribution in [3.8, 4) is 5.75 Å². The molecule has 2 heterocycles. The predicted octanol–water partition coefficient (Wildman–Crippen LogP) is 3.65. The molecule has 4 atom stereocenters. The van der Waals surface area contributed by atoms with Gasteiger partial charge in [0.05, 0.1) is 18.0 Å². The number of phenols is 1. The summed E-state index contributed by atoms with van der Waals surface area (Å²) in [5, 5.41) is 11.1. The Morgan fingerprint density at radius 1 is 0.881 bits per heavy atom. The number of phenolic OH excluding ortho intramolecular Hbond substituents is 1. The van der Waals surface area contributed by atoms with Crippen molar-refractivity contribution in [3.05, 3.63) is 140 Å². The van der Waals surface area contributed by atoms with Crippen LogP contribution in [0.3, 0.4) is 0 Å². The lowest BCUT2D eigenvalue weighted by Crippen LogP contribution is -2.58. The number of Topliss-reactive ketones (excluding diaryl/α,β-unsaturated/α-hetero) is 1. The molecule has 0 amide bonds. The van der Waals surface area contributed by atoms with E-state index >= 15 is 0 Å². The Labute approximate surface area is 239 Å². The molecule has 4 aromatic rings. The van der Waals surface area contributed by atoms with Crippen LogP contribution in [-0.2, 0) is 28.6 Å². The van der Waals surface area contributed by atoms with Gasteiger partial charge in [0.1, 0.15) is 0 Å². The second-order valence-electron chi connectivity index (χ2n) is 11.1. The second kappa shape index (κ2) is 9.24. The summed E-state index contributed by atoms with van der Waals surface area (Å²) in [5.74, 6) is -4.16. The zero-order valence-corrected chi connectivity index (χ0v) is 22.6. The molecule has 210 valence electrons. The van der Waals surface area contributed by atoms with Crippen LogP contribution >= 0.6 is 0 Å². The number of carbonyl (C=O) groups excluding carboxylic acids is 2. The van der Waals surface area contributed by atoms with Gasteiger partial charge in [-0.2, -0.15) is 0 Å². The first-order valence-electron chi connectivity index (χ1n) is 13.7. The van der Waals surface area contributed by atoms with E-state index in [2.05, 4.69) is 0 Å². The third-order valence-electron chi connectivity index (χ3n) is 9.16. The van der Waals surface area contributed by atoms with Gasteiger partial charge in [-0.3, -0.25) is 9.59 Å². The Morgan fingerprint density at radius 3 is 2.29 bits per heavy atom. The summed E-state index contributed by atoms with van der Waals surface area (Å²) in [6.45, 7) is 0.0378. The molecule has 8 nitrogen and oxygen atoms in total. The lowest BCUT2D eigenvalue weighted by atomic mass is 9.47. The zero-order chi connectivity index (χ0) is 29.3. The number of carbonyl (C=O) groups is 2. The van der Waals surface area contributed by atoms with E-state index in [0.29, 0.717) is 16.7 Å². The molecule has 1 aliphatic heterocycles. The highest BCUT2D eigenvalue weighted by molar-refractivity contribution is 6.31. The van der Waals surface area contributed by atoms with E-state index in [4.69, 9.17) is 0 Å². The van der Waals surface area contributed by atoms with Gasteiger partial charge < -0.3 is 5.11 Å². The molecule has 0 saturated heterocycles. The number of allylic oxidation sites excluding steroid dienone is 4. The number of nitrogens with zero attached hydrogens (tertiary/aromatic N) is 3. The van der Waals surface area contributed by atoms with Crippen LogP contribution in [0.25, 0.3) is 5.57 Å². The molecule has 1 saturated carbocycles. The Hall–Kier alpha value is -5.05. The maximum atomic E-state index is 15.0. The van der Waals surface area contributed by atoms with Gasteiger partial charge in [0.2, 0.25) is 0 Å². The Kier molecular flexibility index (Phi) is 5.69. The van der Waals surface area contributed by atoms with Gasteiger partial charge in [-0.05, 0) is 35.3 Å². The van der Waals surface area contributed by atoms with Gasteiger partial charge in [0.15, 0.2) is 23.1 Å². The summed E-state index contributed by atoms with van der Waals surface area (Å²) >= 11 is 0. The molecule has 0 unspecified atom stereocenters. The smallest absolute Gasteiger partial charge is 0.347 e. The number of ketones is 2. The number of para-hydroxylation sites is 1. The van der Waals surface area contributed by atoms with Crippen molar-refractivity contribution in [1.29, 1.82) is 0 Å². The molecule has 0 spiro atoms. The van der Waals surface area contributed by atoms with E-state index in [9.17, 15) is 28.7 Å². The molecule has 0 radical (unpaired) electrons. The minimum atomic E-state index is -1.55. The van der Waals surface area contributed by atoms with Crippen LogP contribution in [0, 0.1) is 11.7 Å². The predicted molar refractivity (Wildman–Crippen MR) is 153 cm³/mol. The van der Waals surface area contributed by atoms with E-state index in [1.807, 2.05) is 6.07 Å². The maximum Gasteiger partial charge on any atom is 0.347 e. The first-order chi connectivity index (χ1) is 20.3. The van der Waals surface area contributed by atoms with Crippen LogP contribution in [-0.4, -0.2) is 30.6 Å². The van der Waals surface area contributed by atoms with Crippen LogP contribution < -0.4 is 11.4 Å². The lowest BCUT2D eigenvalue weighted by Gasteiger charge is -2.54. The van der Waals surface area contributed by atoms with E-state index in [1.54, 1.807) is 66.7 Å². The minimum Gasteiger partial charge on any atom is -0.505 e. The number of aromatic hydroxyl groups is 1. The molecule has 0 bridgehead atoms. The highest BCUT2D eigenvalue weighted by atomic mass is 19.1. The fourth-order valence-corrected chi connectivity index (χ4v) is 7.35. The topological polar surface area (TPSA) is 103 Å². The molecule has 2 aliphatic carbocycles. The summed E-state index contributed by atoms with van der Waals surface area (Å²) in [4.78, 5) is 55.7. The summed E-state index contributed by atoms with van der Waals surface area (Å²) in [7, 11) is 1.39. The number of hydrogen-bond donors (Lipinski definition) is 1. The van der Waals surface area contributed by atoms with Gasteiger partial charge in [0.25, 0.3) is 0 Å². The van der Waals surface area contributed by atoms with Gasteiger partial charge >= 0.3 is 11.4 Å². The van der Waals surface area contributed by atoms with Crippen LogP contribution in [0.4, 0.5) is 4.39 Å². The highest BCUT2D eigenvalue weighted by Gasteiger charge is 2.63. The Bertz CT molecular complexity index is 1970. The second-order valence-corrected chi connectivity index (χ2v) is 11.1. The standard InChI is InChI=1S/C33H26FN3O5/c1-35-31(41)36-16-15-21-26(37(36)32(35)42)18-24-29(39)23(19-9-4-2-5-10-19)17-27(38)33(24,20-11-6-3-7-12-20)28(21)22-13-8-14-25(34)30(22)40/h2-15,17,24,26,28,40H,16,18H2,1H3/t24-,26+,28+,33-/m0/s1. The minimum absolute atomic E-state index is 0.0378. The average Bonchev–Trinajstić information content (AvgIpc) is 3.24. The zero-order valence-electron chi connectivity index (χ0n) is 22.6. The van der Waals surface area contributed by atoms with Gasteiger partial charge in [-0.25, -0.2) is 27.9 Å². The lowest BCUT2D eigenvalue weighted by molar-refractivity contribution is -0.133. The number of fused-ring (bicyclic) bond motifs is 4. The van der Waals surface area contributed by atoms with Crippen molar-refractivity contribution in [1.82, 2.24) is 13.9 Å². The molecule has 1 fully saturated rings. The third kappa shape index (κ3) is 3.33. The van der Waals surface area contributed by atoms with E-state index in [1.165, 1.54) is 28.6 Å². The quantitative estimate of drug-likeness (QED) is 0.384. The van der Waals surface area contributed by atoms with E-state index < -0.39 is 46.2 Å². The molecule has 1 aromatic heterocycles. The summed E-state index contributed by atoms with van der Waals surface area (Å²) in [6, 6.07) is 21.2. The third-order valence-corrected chi connectivity index (χ3v) is 9.16. The van der Waals surface area contributed by atoms with Gasteiger partial charge in [0, 0.05) is 30.0 Å². The molecule has 1 N–H and O–H groups in total. The fourth-order valence-electron chi connectivity index (χ4n) is 7.35. The van der Waals surface area contributed by atoms with E-state index in [0.717, 1.165) is 10.6 Å². The molecular weight excluding hydrogens is 537 g/mol. The largest absolute Gasteiger partial charge is 0.505 e. The van der Waals surface area contributed by atoms with E-state index in [-0.39, 0.29) is 35.7 Å². The van der Waals surface area contributed by atoms with Crippen LogP contribution in [0.1, 0.15) is 35.1 Å². The van der Waals surface area contributed by atoms with Gasteiger partial charge in [-0.15, -0.1) is 0 Å². The molecule has 3 aliphatic rings. The Morgan fingerprint density at radius 2 is 1.57 bits per heavy atom. The average molecular weight is 564 g/mol. The highest BCUT2D eigenvalue weighted by Crippen LogP contribution is 2.62. The van der Waals surface area contributed by atoms with Crippen molar-refractivity contribution >= 4 is 17.1 Å². The maximum absolute atomic E-state index is 15.0.